The molecule has 142 valence electrons. The molecule has 4 aromatic rings. The van der Waals surface area contributed by atoms with E-state index in [0.717, 1.165) is 16.5 Å². The smallest absolute Gasteiger partial charge is 0.444 e. The Morgan fingerprint density at radius 1 is 0.667 bits per heavy atom. The average Bonchev–Trinajstić information content (AvgIpc) is 2.82. The largest absolute Gasteiger partial charge is 1.00 e. The van der Waals surface area contributed by atoms with Gasteiger partial charge in [-0.2, -0.15) is 5.26 Å². The van der Waals surface area contributed by atoms with Gasteiger partial charge in [-0.1, -0.05) is 78.9 Å². The van der Waals surface area contributed by atoms with Crippen LogP contribution >= 0.6 is 0 Å². The Kier molecular flexibility index (Phi) is 11.8. The Labute approximate surface area is 195 Å². The minimum absolute atomic E-state index is 0. The van der Waals surface area contributed by atoms with E-state index in [4.69, 9.17) is 15.4 Å². The fourth-order valence-corrected chi connectivity index (χ4v) is 2.15. The van der Waals surface area contributed by atoms with Crippen molar-refractivity contribution in [2.75, 3.05) is 0 Å². The van der Waals surface area contributed by atoms with E-state index in [2.05, 4.69) is 20.4 Å². The van der Waals surface area contributed by atoms with Crippen LogP contribution in [0.15, 0.2) is 96.3 Å². The normalized spacial score (nSPS) is 8.63. The molecule has 0 aliphatic rings. The van der Waals surface area contributed by atoms with Crippen LogP contribution in [0.1, 0.15) is 5.56 Å². The molecule has 9 heteroatoms. The van der Waals surface area contributed by atoms with Crippen LogP contribution in [-0.4, -0.2) is 20.4 Å². The van der Waals surface area contributed by atoms with Crippen molar-refractivity contribution < 1.29 is 29.6 Å². The molecule has 8 nitrogen and oxygen atoms in total. The third-order valence-corrected chi connectivity index (χ3v) is 3.45. The van der Waals surface area contributed by atoms with E-state index in [1.54, 1.807) is 12.1 Å². The number of aromatic nitrogens is 4. The monoisotopic (exact) mass is 406 g/mol. The first-order valence-corrected chi connectivity index (χ1v) is 8.37. The quantitative estimate of drug-likeness (QED) is 0.280. The second-order valence-corrected chi connectivity index (χ2v) is 5.33. The maximum atomic E-state index is 8.29. The van der Waals surface area contributed by atoms with Crippen molar-refractivity contribution in [1.82, 2.24) is 20.4 Å². The van der Waals surface area contributed by atoms with Gasteiger partial charge in [0.1, 0.15) is 0 Å². The Balaban J connectivity index is 0.000000316. The molecular formula is C21H15N6NaO2. The van der Waals surface area contributed by atoms with Gasteiger partial charge in [0.25, 0.3) is 0 Å². The van der Waals surface area contributed by atoms with E-state index >= 15 is 0 Å². The summed E-state index contributed by atoms with van der Waals surface area (Å²) in [6.45, 7) is 0. The number of hydrogen-bond donors (Lipinski definition) is 0. The molecule has 0 unspecified atom stereocenters. The third-order valence-electron chi connectivity index (χ3n) is 3.45. The van der Waals surface area contributed by atoms with E-state index in [-0.39, 0.29) is 29.6 Å². The van der Waals surface area contributed by atoms with E-state index in [0.29, 0.717) is 17.2 Å². The second kappa shape index (κ2) is 14.5. The van der Waals surface area contributed by atoms with E-state index in [1.165, 1.54) is 0 Å². The zero-order valence-electron chi connectivity index (χ0n) is 16.2. The van der Waals surface area contributed by atoms with Gasteiger partial charge in [0.15, 0.2) is 0 Å². The number of nitriles is 1. The molecule has 0 atom stereocenters. The average molecular weight is 406 g/mol. The van der Waals surface area contributed by atoms with Crippen molar-refractivity contribution in [2.24, 2.45) is 5.34 Å². The summed E-state index contributed by atoms with van der Waals surface area (Å²) in [5.74, 6) is 1.07. The van der Waals surface area contributed by atoms with Gasteiger partial charge in [-0.05, 0) is 12.1 Å². The molecule has 30 heavy (non-hydrogen) atoms. The van der Waals surface area contributed by atoms with Crippen molar-refractivity contribution >= 4 is 0 Å². The summed E-state index contributed by atoms with van der Waals surface area (Å²) in [6.07, 6.45) is 0. The molecule has 0 bridgehead atoms. The molecule has 0 saturated carbocycles. The maximum absolute atomic E-state index is 8.29. The van der Waals surface area contributed by atoms with Crippen LogP contribution in [-0.2, 0) is 0 Å². The molecule has 4 rings (SSSR count). The first-order chi connectivity index (χ1) is 14.3. The van der Waals surface area contributed by atoms with Gasteiger partial charge in [0.05, 0.1) is 11.6 Å². The summed E-state index contributed by atoms with van der Waals surface area (Å²) in [4.78, 5) is 8.00. The molecule has 0 aliphatic heterocycles. The summed E-state index contributed by atoms with van der Waals surface area (Å²) in [5, 5.41) is 33.7. The van der Waals surface area contributed by atoms with Crippen LogP contribution < -0.4 is 29.6 Å². The minimum Gasteiger partial charge on any atom is -0.444 e. The van der Waals surface area contributed by atoms with Gasteiger partial charge in [-0.15, -0.1) is 25.7 Å². The molecular weight excluding hydrogens is 391 g/mol. The summed E-state index contributed by atoms with van der Waals surface area (Å²) >= 11 is 0. The molecule has 1 aromatic heterocycles. The minimum atomic E-state index is 0. The SMILES string of the molecule is N#Cc1ccccc1.O=N[O-].[Na+].c1ccc(-c2nnc(-c3ccccc3)nn2)cc1. The topological polar surface area (TPSA) is 128 Å². The van der Waals surface area contributed by atoms with Crippen molar-refractivity contribution in [1.29, 1.82) is 5.26 Å². The van der Waals surface area contributed by atoms with Crippen LogP contribution in [0.2, 0.25) is 0 Å². The summed E-state index contributed by atoms with van der Waals surface area (Å²) in [5.41, 5.74) is 2.54. The van der Waals surface area contributed by atoms with Gasteiger partial charge in [-0.3, -0.25) is 0 Å². The van der Waals surface area contributed by atoms with Crippen molar-refractivity contribution in [2.45, 2.75) is 0 Å². The number of benzene rings is 3. The van der Waals surface area contributed by atoms with Crippen LogP contribution in [0.4, 0.5) is 0 Å². The first kappa shape index (κ1) is 24.5. The van der Waals surface area contributed by atoms with E-state index in [1.807, 2.05) is 84.9 Å². The van der Waals surface area contributed by atoms with Gasteiger partial charge in [-0.25, -0.2) is 0 Å². The zero-order valence-corrected chi connectivity index (χ0v) is 18.2. The van der Waals surface area contributed by atoms with Crippen LogP contribution in [0.5, 0.6) is 0 Å². The third kappa shape index (κ3) is 8.24. The van der Waals surface area contributed by atoms with Crippen LogP contribution in [0.3, 0.4) is 0 Å². The van der Waals surface area contributed by atoms with E-state index < -0.39 is 0 Å². The van der Waals surface area contributed by atoms with Gasteiger partial charge in [0.2, 0.25) is 11.6 Å². The molecule has 0 aliphatic carbocycles. The van der Waals surface area contributed by atoms with Gasteiger partial charge >= 0.3 is 29.6 Å². The summed E-state index contributed by atoms with van der Waals surface area (Å²) in [6, 6.07) is 30.5. The standard InChI is InChI=1S/C14H10N4.C7H5N.HNO2.Na/c1-3-7-11(8-4-1)13-15-17-14(18-16-13)12-9-5-2-6-10-12;8-6-7-4-2-1-3-5-7;2-1-3;/h1-10H;1-5H;(H,2,3);/q;;;+1/p-1. The maximum Gasteiger partial charge on any atom is 1.00 e. The predicted octanol–water partition coefficient (Wildman–Crippen LogP) is 1.41. The van der Waals surface area contributed by atoms with Gasteiger partial charge < -0.3 is 10.1 Å². The molecule has 3 aromatic carbocycles. The molecule has 0 N–H and O–H groups in total. The van der Waals surface area contributed by atoms with Crippen LogP contribution in [0, 0.1) is 21.4 Å². The zero-order chi connectivity index (χ0) is 20.7. The van der Waals surface area contributed by atoms with Crippen molar-refractivity contribution in [3.05, 3.63) is 107 Å². The molecule has 0 amide bonds. The van der Waals surface area contributed by atoms with Crippen molar-refractivity contribution in [3.63, 3.8) is 0 Å². The fraction of sp³-hybridized carbons (Fsp3) is 0. The van der Waals surface area contributed by atoms with Crippen LogP contribution in [0.25, 0.3) is 22.8 Å². The number of nitrogens with zero attached hydrogens (tertiary/aromatic N) is 6. The Morgan fingerprint density at radius 2 is 0.967 bits per heavy atom. The Morgan fingerprint density at radius 3 is 1.23 bits per heavy atom. The molecule has 0 saturated heterocycles. The molecule has 1 heterocycles. The Bertz CT molecular complexity index is 969. The summed E-state index contributed by atoms with van der Waals surface area (Å²) < 4.78 is 0. The molecule has 0 fully saturated rings. The molecule has 0 spiro atoms. The second-order valence-electron chi connectivity index (χ2n) is 5.33. The number of hydrogen-bond acceptors (Lipinski definition) is 8. The predicted molar refractivity (Wildman–Crippen MR) is 109 cm³/mol. The number of rotatable bonds is 2. The fourth-order valence-electron chi connectivity index (χ4n) is 2.15. The van der Waals surface area contributed by atoms with E-state index in [9.17, 15) is 0 Å². The van der Waals surface area contributed by atoms with Crippen molar-refractivity contribution in [3.8, 4) is 28.8 Å². The molecule has 0 radical (unpaired) electrons. The van der Waals surface area contributed by atoms with Gasteiger partial charge in [0, 0.05) is 11.1 Å². The Hall–Kier alpha value is -3.51. The summed E-state index contributed by atoms with van der Waals surface area (Å²) in [7, 11) is 0. The first-order valence-electron chi connectivity index (χ1n) is 8.37.